The van der Waals surface area contributed by atoms with Crippen LogP contribution in [0, 0.1) is 0 Å². The molecule has 2 aromatic carbocycles. The van der Waals surface area contributed by atoms with Crippen LogP contribution in [-0.4, -0.2) is 38.8 Å². The van der Waals surface area contributed by atoms with Crippen LogP contribution in [0.5, 0.6) is 0 Å². The fraction of sp³-hybridized carbons (Fsp3) is 0.200. The van der Waals surface area contributed by atoms with Crippen molar-refractivity contribution in [1.82, 2.24) is 9.88 Å². The molecule has 5 rings (SSSR count). The Morgan fingerprint density at radius 2 is 1.81 bits per heavy atom. The third kappa shape index (κ3) is 5.14. The zero-order chi connectivity index (χ0) is 26.4. The van der Waals surface area contributed by atoms with Crippen LogP contribution in [0.3, 0.4) is 0 Å². The molecule has 1 saturated heterocycles. The highest BCUT2D eigenvalue weighted by Crippen LogP contribution is 2.50. The highest BCUT2D eigenvalue weighted by molar-refractivity contribution is 8.00. The maximum absolute atomic E-state index is 13.3. The molecule has 1 spiro atoms. The largest absolute Gasteiger partial charge is 0.446 e. The predicted octanol–water partition coefficient (Wildman–Crippen LogP) is 6.10. The van der Waals surface area contributed by atoms with Crippen LogP contribution >= 0.6 is 23.4 Å². The van der Waals surface area contributed by atoms with E-state index in [9.17, 15) is 27.6 Å². The number of thioether (sulfide) groups is 1. The van der Waals surface area contributed by atoms with Crippen molar-refractivity contribution in [2.75, 3.05) is 10.2 Å². The van der Waals surface area contributed by atoms with Gasteiger partial charge in [0.2, 0.25) is 0 Å². The van der Waals surface area contributed by atoms with Gasteiger partial charge in [0.25, 0.3) is 11.8 Å². The van der Waals surface area contributed by atoms with Gasteiger partial charge < -0.3 is 10.2 Å². The van der Waals surface area contributed by atoms with E-state index in [0.717, 1.165) is 4.90 Å². The molecule has 1 N–H and O–H groups in total. The number of imide groups is 1. The molecule has 37 heavy (non-hydrogen) atoms. The van der Waals surface area contributed by atoms with Crippen molar-refractivity contribution in [3.8, 4) is 0 Å². The zero-order valence-electron chi connectivity index (χ0n) is 19.0. The quantitative estimate of drug-likeness (QED) is 0.298. The Morgan fingerprint density at radius 3 is 2.46 bits per heavy atom. The third-order valence-electron chi connectivity index (χ3n) is 6.09. The van der Waals surface area contributed by atoms with Crippen molar-refractivity contribution in [2.24, 2.45) is 0 Å². The van der Waals surface area contributed by atoms with Crippen molar-refractivity contribution in [1.29, 1.82) is 0 Å². The molecular formula is C25H18ClF3N4O3S. The summed E-state index contributed by atoms with van der Waals surface area (Å²) in [4.78, 5) is 45.7. The van der Waals surface area contributed by atoms with Gasteiger partial charge >= 0.3 is 11.5 Å². The second-order valence-electron chi connectivity index (χ2n) is 8.60. The van der Waals surface area contributed by atoms with Gasteiger partial charge in [0, 0.05) is 28.2 Å². The summed E-state index contributed by atoms with van der Waals surface area (Å²) in [6.45, 7) is 0.0889. The van der Waals surface area contributed by atoms with Gasteiger partial charge in [-0.2, -0.15) is 13.2 Å². The monoisotopic (exact) mass is 546 g/mol. The summed E-state index contributed by atoms with van der Waals surface area (Å²) in [5.74, 6) is -0.547. The fourth-order valence-corrected chi connectivity index (χ4v) is 4.93. The summed E-state index contributed by atoms with van der Waals surface area (Å²) >= 11 is 5.68. The molecule has 1 saturated carbocycles. The van der Waals surface area contributed by atoms with Crippen molar-refractivity contribution in [3.05, 3.63) is 83.0 Å². The number of urea groups is 1. The first kappa shape index (κ1) is 25.1. The first-order valence-electron chi connectivity index (χ1n) is 11.1. The first-order valence-corrected chi connectivity index (χ1v) is 12.3. The van der Waals surface area contributed by atoms with Gasteiger partial charge in [-0.15, -0.1) is 0 Å². The number of hydrogen-bond donors (Lipinski definition) is 1. The number of halogens is 4. The molecule has 2 heterocycles. The summed E-state index contributed by atoms with van der Waals surface area (Å²) in [6, 6.07) is 14.3. The molecule has 0 radical (unpaired) electrons. The average molecular weight is 547 g/mol. The number of hydrogen-bond acceptors (Lipinski definition) is 5. The molecule has 1 aliphatic carbocycles. The van der Waals surface area contributed by atoms with E-state index in [-0.39, 0.29) is 34.7 Å². The van der Waals surface area contributed by atoms with Crippen molar-refractivity contribution in [3.63, 3.8) is 0 Å². The van der Waals surface area contributed by atoms with E-state index in [1.54, 1.807) is 30.3 Å². The van der Waals surface area contributed by atoms with Crippen LogP contribution in [0.1, 0.15) is 28.8 Å². The normalized spacial score (nSPS) is 16.4. The van der Waals surface area contributed by atoms with Crippen LogP contribution in [0.2, 0.25) is 5.02 Å². The molecule has 4 amide bonds. The van der Waals surface area contributed by atoms with E-state index >= 15 is 0 Å². The van der Waals surface area contributed by atoms with E-state index in [0.29, 0.717) is 29.0 Å². The number of anilines is 2. The topological polar surface area (TPSA) is 82.6 Å². The number of alkyl halides is 3. The second-order valence-corrected chi connectivity index (χ2v) is 10.2. The van der Waals surface area contributed by atoms with Gasteiger partial charge in [0.15, 0.2) is 0 Å². The first-order chi connectivity index (χ1) is 17.6. The van der Waals surface area contributed by atoms with Crippen molar-refractivity contribution < 1.29 is 27.6 Å². The lowest BCUT2D eigenvalue weighted by Crippen LogP contribution is -2.36. The molecule has 0 bridgehead atoms. The smallest absolute Gasteiger partial charge is 0.307 e. The van der Waals surface area contributed by atoms with Gasteiger partial charge in [-0.3, -0.25) is 9.59 Å². The molecule has 2 fully saturated rings. The predicted molar refractivity (Wildman–Crippen MR) is 132 cm³/mol. The molecule has 7 nitrogen and oxygen atoms in total. The van der Waals surface area contributed by atoms with Crippen LogP contribution in [-0.2, 0) is 11.3 Å². The minimum Gasteiger partial charge on any atom is -0.307 e. The Hall–Kier alpha value is -3.57. The van der Waals surface area contributed by atoms with Crippen LogP contribution in [0.4, 0.5) is 29.5 Å². The molecule has 1 aromatic heterocycles. The Kier molecular flexibility index (Phi) is 6.36. The molecule has 12 heteroatoms. The SMILES string of the molecule is O=C(Nc1cc(CN2C(=O)N(c3ccc(SC(F)(F)F)cc3)C(=O)C23CC3)ccn1)c1cccc(Cl)c1. The Labute approximate surface area is 218 Å². The number of aromatic nitrogens is 1. The lowest BCUT2D eigenvalue weighted by atomic mass is 10.2. The summed E-state index contributed by atoms with van der Waals surface area (Å²) < 4.78 is 37.9. The summed E-state index contributed by atoms with van der Waals surface area (Å²) in [6.07, 6.45) is 2.46. The number of carbonyl (C=O) groups is 3. The third-order valence-corrected chi connectivity index (χ3v) is 7.06. The van der Waals surface area contributed by atoms with E-state index in [1.807, 2.05) is 0 Å². The Morgan fingerprint density at radius 1 is 1.08 bits per heavy atom. The lowest BCUT2D eigenvalue weighted by Gasteiger charge is -2.21. The number of amides is 4. The number of benzene rings is 2. The number of carbonyl (C=O) groups excluding carboxylic acids is 3. The number of nitrogens with zero attached hydrogens (tertiary/aromatic N) is 3. The Balaban J connectivity index is 1.33. The van der Waals surface area contributed by atoms with Crippen LogP contribution in [0.25, 0.3) is 0 Å². The Bertz CT molecular complexity index is 1400. The molecule has 3 aromatic rings. The molecular weight excluding hydrogens is 529 g/mol. The molecule has 0 atom stereocenters. The van der Waals surface area contributed by atoms with Gasteiger partial charge in [-0.1, -0.05) is 17.7 Å². The summed E-state index contributed by atoms with van der Waals surface area (Å²) in [7, 11) is 0. The summed E-state index contributed by atoms with van der Waals surface area (Å²) in [5, 5.41) is 3.11. The molecule has 190 valence electrons. The van der Waals surface area contributed by atoms with Crippen LogP contribution < -0.4 is 10.2 Å². The van der Waals surface area contributed by atoms with E-state index in [1.165, 1.54) is 41.4 Å². The number of nitrogens with one attached hydrogen (secondary N) is 1. The molecule has 2 aliphatic rings. The highest BCUT2D eigenvalue weighted by atomic mass is 35.5. The van der Waals surface area contributed by atoms with Crippen molar-refractivity contribution >= 4 is 52.7 Å². The fourth-order valence-electron chi connectivity index (χ4n) is 4.20. The molecule has 0 unspecified atom stereocenters. The number of pyridine rings is 1. The second kappa shape index (κ2) is 9.38. The maximum Gasteiger partial charge on any atom is 0.446 e. The van der Waals surface area contributed by atoms with Gasteiger partial charge in [-0.05, 0) is 84.8 Å². The van der Waals surface area contributed by atoms with Crippen molar-refractivity contribution in [2.45, 2.75) is 35.3 Å². The summed E-state index contributed by atoms with van der Waals surface area (Å²) in [5.41, 5.74) is -4.22. The van der Waals surface area contributed by atoms with E-state index < -0.39 is 28.9 Å². The van der Waals surface area contributed by atoms with E-state index in [2.05, 4.69) is 10.3 Å². The highest BCUT2D eigenvalue weighted by Gasteiger charge is 2.65. The van der Waals surface area contributed by atoms with Gasteiger partial charge in [-0.25, -0.2) is 14.7 Å². The van der Waals surface area contributed by atoms with Gasteiger partial charge in [0.1, 0.15) is 11.4 Å². The van der Waals surface area contributed by atoms with Gasteiger partial charge in [0.05, 0.1) is 5.69 Å². The zero-order valence-corrected chi connectivity index (χ0v) is 20.5. The van der Waals surface area contributed by atoms with Crippen LogP contribution in [0.15, 0.2) is 71.8 Å². The lowest BCUT2D eigenvalue weighted by molar-refractivity contribution is -0.120. The van der Waals surface area contributed by atoms with E-state index in [4.69, 9.17) is 11.6 Å². The maximum atomic E-state index is 13.3. The minimum atomic E-state index is -4.44. The number of rotatable bonds is 6. The minimum absolute atomic E-state index is 0.0440. The standard InChI is InChI=1S/C25H18ClF3N4O3S/c26-17-3-1-2-16(13-17)21(34)31-20-12-15(8-11-30-20)14-32-23(36)33(22(35)24(32)9-10-24)18-4-6-19(7-5-18)37-25(27,28)29/h1-8,11-13H,9-10,14H2,(H,30,31,34). The average Bonchev–Trinajstić information content (AvgIpc) is 3.61. The molecule has 1 aliphatic heterocycles.